The van der Waals surface area contributed by atoms with Crippen LogP contribution in [-0.4, -0.2) is 54.7 Å². The van der Waals surface area contributed by atoms with Crippen LogP contribution in [0.1, 0.15) is 58.7 Å². The number of benzene rings is 2. The number of carbonyl (C=O) groups excluding carboxylic acids is 3. The van der Waals surface area contributed by atoms with Gasteiger partial charge in [0.1, 0.15) is 29.6 Å². The van der Waals surface area contributed by atoms with E-state index in [0.29, 0.717) is 53.9 Å². The minimum atomic E-state index is -1.02. The average Bonchev–Trinajstić information content (AvgIpc) is 3.50. The van der Waals surface area contributed by atoms with E-state index in [2.05, 4.69) is 11.9 Å². The number of rotatable bonds is 9. The molecule has 0 radical (unpaired) electrons. The van der Waals surface area contributed by atoms with Crippen LogP contribution in [-0.2, 0) is 14.3 Å². The van der Waals surface area contributed by atoms with Crippen molar-refractivity contribution in [2.75, 3.05) is 31.8 Å². The van der Waals surface area contributed by atoms with Gasteiger partial charge < -0.3 is 24.1 Å². The maximum atomic E-state index is 13.5. The molecule has 1 fully saturated rings. The highest BCUT2D eigenvalue weighted by atomic mass is 32.1. The molecule has 3 aromatic rings. The highest BCUT2D eigenvalue weighted by molar-refractivity contribution is 7.17. The van der Waals surface area contributed by atoms with Crippen molar-refractivity contribution in [1.82, 2.24) is 4.98 Å². The van der Waals surface area contributed by atoms with E-state index in [4.69, 9.17) is 18.9 Å². The van der Waals surface area contributed by atoms with Crippen molar-refractivity contribution in [3.05, 3.63) is 69.7 Å². The first-order valence-electron chi connectivity index (χ1n) is 13.3. The summed E-state index contributed by atoms with van der Waals surface area (Å²) in [6.45, 7) is 5.07. The summed E-state index contributed by atoms with van der Waals surface area (Å²) in [5, 5.41) is 11.6. The summed E-state index contributed by atoms with van der Waals surface area (Å²) < 4.78 is 21.9. The van der Waals surface area contributed by atoms with Gasteiger partial charge in [0.2, 0.25) is 0 Å². The lowest BCUT2D eigenvalue weighted by molar-refractivity contribution is -0.132. The molecular weight excluding hydrogens is 548 g/mol. The number of aliphatic hydroxyl groups excluding tert-OH is 1. The molecule has 0 bridgehead atoms. The molecule has 0 saturated carbocycles. The highest BCUT2D eigenvalue weighted by Crippen LogP contribution is 2.45. The minimum Gasteiger partial charge on any atom is -0.507 e. The number of Topliss-reactive ketones (excluding diaryl/α,β-unsaturated/α-hetero) is 1. The molecule has 214 valence electrons. The Labute approximate surface area is 241 Å². The van der Waals surface area contributed by atoms with Crippen LogP contribution >= 0.6 is 11.3 Å². The van der Waals surface area contributed by atoms with E-state index in [1.54, 1.807) is 49.4 Å². The Hall–Kier alpha value is -4.38. The van der Waals surface area contributed by atoms with Gasteiger partial charge in [0, 0.05) is 5.56 Å². The van der Waals surface area contributed by atoms with Crippen molar-refractivity contribution in [1.29, 1.82) is 0 Å². The third-order valence-corrected chi connectivity index (χ3v) is 7.97. The second-order valence-corrected chi connectivity index (χ2v) is 10.5. The number of methoxy groups -OCH3 is 1. The molecule has 2 aromatic carbocycles. The molecule has 11 heteroatoms. The van der Waals surface area contributed by atoms with Gasteiger partial charge >= 0.3 is 11.9 Å². The number of ether oxygens (including phenoxy) is 4. The molecule has 0 spiro atoms. The van der Waals surface area contributed by atoms with Gasteiger partial charge in [-0.25, -0.2) is 9.78 Å². The first-order chi connectivity index (χ1) is 19.8. The number of thiazole rings is 1. The highest BCUT2D eigenvalue weighted by Gasteiger charge is 2.48. The summed E-state index contributed by atoms with van der Waals surface area (Å²) in [5.41, 5.74) is 1.09. The Morgan fingerprint density at radius 3 is 2.54 bits per heavy atom. The van der Waals surface area contributed by atoms with Crippen molar-refractivity contribution in [2.45, 2.75) is 39.2 Å². The number of aromatic nitrogens is 1. The van der Waals surface area contributed by atoms with Crippen LogP contribution in [0.25, 0.3) is 5.76 Å². The van der Waals surface area contributed by atoms with E-state index in [9.17, 15) is 19.5 Å². The van der Waals surface area contributed by atoms with Gasteiger partial charge in [0.25, 0.3) is 5.78 Å². The van der Waals surface area contributed by atoms with Gasteiger partial charge in [0.15, 0.2) is 16.6 Å². The van der Waals surface area contributed by atoms with Crippen LogP contribution < -0.4 is 19.1 Å². The van der Waals surface area contributed by atoms with Gasteiger partial charge in [-0.2, -0.15) is 0 Å². The number of nitrogens with zero attached hydrogens (tertiary/aromatic N) is 2. The number of amides is 1. The smallest absolute Gasteiger partial charge is 0.350 e. The molecule has 1 atom stereocenters. The van der Waals surface area contributed by atoms with E-state index < -0.39 is 23.7 Å². The van der Waals surface area contributed by atoms with Crippen molar-refractivity contribution in [3.8, 4) is 17.2 Å². The first kappa shape index (κ1) is 28.2. The number of fused-ring (bicyclic) bond motifs is 1. The number of hydrogen-bond acceptors (Lipinski definition) is 10. The number of carbonyl (C=O) groups is 3. The van der Waals surface area contributed by atoms with E-state index in [1.807, 2.05) is 0 Å². The predicted molar refractivity (Wildman–Crippen MR) is 152 cm³/mol. The Kier molecular flexibility index (Phi) is 8.25. The fourth-order valence-electron chi connectivity index (χ4n) is 4.75. The summed E-state index contributed by atoms with van der Waals surface area (Å²) in [4.78, 5) is 45.2. The van der Waals surface area contributed by atoms with Crippen molar-refractivity contribution in [3.63, 3.8) is 0 Å². The third kappa shape index (κ3) is 5.49. The Balaban J connectivity index is 1.59. The SMILES string of the molecule is CCCCCOc1ccc(C2C(=C(O)c3ccc4c(c3)OCCO4)C(=O)C(=O)N2c2nc(C)c(C(=O)OC)s2)cc1. The standard InChI is InChI=1S/C30H30N2O8S/c1-4-5-6-13-38-20-10-7-18(8-11-20)24-23(25(33)19-9-12-21-22(16-19)40-15-14-39-21)26(34)28(35)32(24)30-31-17(2)27(41-30)29(36)37-3/h7-12,16,24,33H,4-6,13-15H2,1-3H3. The monoisotopic (exact) mass is 578 g/mol. The summed E-state index contributed by atoms with van der Waals surface area (Å²) in [6, 6.07) is 10.8. The zero-order chi connectivity index (χ0) is 29.1. The van der Waals surface area contributed by atoms with Crippen LogP contribution in [0, 0.1) is 6.92 Å². The number of anilines is 1. The summed E-state index contributed by atoms with van der Waals surface area (Å²) in [6.07, 6.45) is 3.07. The van der Waals surface area contributed by atoms with Crippen LogP contribution in [0.5, 0.6) is 17.2 Å². The molecule has 5 rings (SSSR count). The number of unbranched alkanes of at least 4 members (excludes halogenated alkanes) is 2. The first-order valence-corrected chi connectivity index (χ1v) is 14.1. The fourth-order valence-corrected chi connectivity index (χ4v) is 5.76. The van der Waals surface area contributed by atoms with Gasteiger partial charge in [-0.15, -0.1) is 0 Å². The van der Waals surface area contributed by atoms with Crippen LogP contribution in [0.15, 0.2) is 48.0 Å². The molecule has 2 aliphatic heterocycles. The maximum absolute atomic E-state index is 13.5. The molecule has 2 aliphatic rings. The largest absolute Gasteiger partial charge is 0.507 e. The topological polar surface area (TPSA) is 124 Å². The number of hydrogen-bond donors (Lipinski definition) is 1. The zero-order valence-corrected chi connectivity index (χ0v) is 23.8. The molecule has 1 aromatic heterocycles. The van der Waals surface area contributed by atoms with Crippen molar-refractivity contribution < 1.29 is 38.4 Å². The maximum Gasteiger partial charge on any atom is 0.350 e. The zero-order valence-electron chi connectivity index (χ0n) is 23.0. The molecule has 1 unspecified atom stereocenters. The Bertz CT molecular complexity index is 1510. The Morgan fingerprint density at radius 1 is 1.10 bits per heavy atom. The fraction of sp³-hybridized carbons (Fsp3) is 0.333. The number of aliphatic hydroxyl groups is 1. The van der Waals surface area contributed by atoms with Crippen LogP contribution in [0.2, 0.25) is 0 Å². The van der Waals surface area contributed by atoms with Crippen LogP contribution in [0.4, 0.5) is 5.13 Å². The molecule has 3 heterocycles. The van der Waals surface area contributed by atoms with Crippen molar-refractivity contribution >= 4 is 39.9 Å². The van der Waals surface area contributed by atoms with E-state index in [0.717, 1.165) is 30.6 Å². The van der Waals surface area contributed by atoms with Gasteiger partial charge in [-0.1, -0.05) is 43.2 Å². The normalized spacial score (nSPS) is 17.5. The van der Waals surface area contributed by atoms with E-state index >= 15 is 0 Å². The molecule has 0 aliphatic carbocycles. The molecule has 1 saturated heterocycles. The quantitative estimate of drug-likeness (QED) is 0.120. The van der Waals surface area contributed by atoms with E-state index in [1.165, 1.54) is 12.0 Å². The lowest BCUT2D eigenvalue weighted by Crippen LogP contribution is -2.29. The minimum absolute atomic E-state index is 0.115. The molecule has 1 N–H and O–H groups in total. The van der Waals surface area contributed by atoms with Crippen LogP contribution in [0.3, 0.4) is 0 Å². The number of ketones is 1. The number of aryl methyl sites for hydroxylation is 1. The second-order valence-electron chi connectivity index (χ2n) is 9.55. The lowest BCUT2D eigenvalue weighted by Gasteiger charge is -2.23. The summed E-state index contributed by atoms with van der Waals surface area (Å²) in [7, 11) is 1.26. The van der Waals surface area contributed by atoms with Gasteiger partial charge in [0.05, 0.1) is 31.0 Å². The third-order valence-electron chi connectivity index (χ3n) is 6.83. The summed E-state index contributed by atoms with van der Waals surface area (Å²) in [5.74, 6) is -1.13. The lowest BCUT2D eigenvalue weighted by atomic mass is 9.95. The molecule has 10 nitrogen and oxygen atoms in total. The second kappa shape index (κ2) is 12.0. The van der Waals surface area contributed by atoms with Crippen molar-refractivity contribution in [2.24, 2.45) is 0 Å². The average molecular weight is 579 g/mol. The van der Waals surface area contributed by atoms with Gasteiger partial charge in [-0.05, 0) is 49.2 Å². The molecular formula is C30H30N2O8S. The number of esters is 1. The summed E-state index contributed by atoms with van der Waals surface area (Å²) >= 11 is 0.942. The Morgan fingerprint density at radius 2 is 1.83 bits per heavy atom. The molecule has 41 heavy (non-hydrogen) atoms. The van der Waals surface area contributed by atoms with Gasteiger partial charge in [-0.3, -0.25) is 14.5 Å². The van der Waals surface area contributed by atoms with E-state index in [-0.39, 0.29) is 21.3 Å². The molecule has 1 amide bonds. The predicted octanol–water partition coefficient (Wildman–Crippen LogP) is 5.20.